The van der Waals surface area contributed by atoms with Crippen LogP contribution in [-0.4, -0.2) is 29.1 Å². The molecule has 1 heterocycles. The van der Waals surface area contributed by atoms with Crippen molar-refractivity contribution in [1.82, 2.24) is 13.5 Å². The molecule has 0 bridgehead atoms. The zero-order chi connectivity index (χ0) is 24.3. The molecule has 0 saturated carbocycles. The van der Waals surface area contributed by atoms with Crippen molar-refractivity contribution in [3.05, 3.63) is 83.4 Å². The highest BCUT2D eigenvalue weighted by atomic mass is 32.2. The van der Waals surface area contributed by atoms with Crippen LogP contribution in [0.4, 0.5) is 5.69 Å². The third-order valence-electron chi connectivity index (χ3n) is 5.61. The Morgan fingerprint density at radius 2 is 1.71 bits per heavy atom. The lowest BCUT2D eigenvalue weighted by Gasteiger charge is -2.22. The number of hydrogen-bond donors (Lipinski definition) is 2. The van der Waals surface area contributed by atoms with E-state index in [0.29, 0.717) is 16.7 Å². The second-order valence-electron chi connectivity index (χ2n) is 8.43. The Kier molecular flexibility index (Phi) is 7.06. The third-order valence-corrected chi connectivity index (χ3v) is 7.66. The number of carbonyl (C=O) groups excluding carboxylic acids is 1. The molecule has 176 valence electrons. The number of rotatable bonds is 8. The van der Waals surface area contributed by atoms with Gasteiger partial charge in [0.1, 0.15) is 22.0 Å². The summed E-state index contributed by atoms with van der Waals surface area (Å²) < 4.78 is 37.7. The van der Waals surface area contributed by atoms with E-state index in [2.05, 4.69) is 32.6 Å². The lowest BCUT2D eigenvalue weighted by atomic mass is 9.97. The second kappa shape index (κ2) is 10.0. The molecule has 34 heavy (non-hydrogen) atoms. The van der Waals surface area contributed by atoms with E-state index in [1.165, 1.54) is 6.07 Å². The van der Waals surface area contributed by atoms with Crippen molar-refractivity contribution < 1.29 is 13.2 Å². The smallest absolute Gasteiger partial charge is 0.243 e. The number of hydrogen-bond acceptors (Lipinski definition) is 6. The zero-order valence-electron chi connectivity index (χ0n) is 19.1. The van der Waals surface area contributed by atoms with Crippen LogP contribution in [0.1, 0.15) is 36.5 Å². The van der Waals surface area contributed by atoms with Crippen LogP contribution in [0, 0.1) is 6.92 Å². The first-order valence-electron chi connectivity index (χ1n) is 10.9. The van der Waals surface area contributed by atoms with Crippen molar-refractivity contribution in [1.29, 1.82) is 0 Å². The monoisotopic (exact) mass is 494 g/mol. The molecule has 0 aliphatic heterocycles. The van der Waals surface area contributed by atoms with Gasteiger partial charge < -0.3 is 5.32 Å². The molecule has 0 radical (unpaired) electrons. The molecule has 9 heteroatoms. The van der Waals surface area contributed by atoms with Gasteiger partial charge in [-0.2, -0.15) is 13.5 Å². The van der Waals surface area contributed by atoms with E-state index in [4.69, 9.17) is 0 Å². The summed E-state index contributed by atoms with van der Waals surface area (Å²) in [5.74, 6) is -0.235. The van der Waals surface area contributed by atoms with Crippen LogP contribution < -0.4 is 10.0 Å². The van der Waals surface area contributed by atoms with Crippen LogP contribution in [0.2, 0.25) is 0 Å². The topological polar surface area (TPSA) is 101 Å². The maximum absolute atomic E-state index is 13.5. The number of aromatic nitrogens is 2. The average Bonchev–Trinajstić information content (AvgIpc) is 3.29. The SMILES string of the molecule is Cc1cccc(C(C)C)c1NC(=O)[C@H](Cc1ccccc1)NS(=O)(=O)c1cccc2nsnc12. The second-order valence-corrected chi connectivity index (χ2v) is 10.6. The average molecular weight is 495 g/mol. The van der Waals surface area contributed by atoms with Gasteiger partial charge in [0.05, 0.1) is 11.7 Å². The fourth-order valence-electron chi connectivity index (χ4n) is 3.84. The molecule has 4 rings (SSSR count). The lowest BCUT2D eigenvalue weighted by molar-refractivity contribution is -0.117. The van der Waals surface area contributed by atoms with E-state index < -0.39 is 22.0 Å². The number of para-hydroxylation sites is 1. The van der Waals surface area contributed by atoms with E-state index in [-0.39, 0.29) is 17.2 Å². The van der Waals surface area contributed by atoms with Gasteiger partial charge in [-0.1, -0.05) is 68.4 Å². The summed E-state index contributed by atoms with van der Waals surface area (Å²) in [6, 6.07) is 18.9. The van der Waals surface area contributed by atoms with E-state index in [1.807, 2.05) is 55.5 Å². The molecule has 0 spiro atoms. The summed E-state index contributed by atoms with van der Waals surface area (Å²) in [5.41, 5.74) is 4.25. The Morgan fingerprint density at radius 3 is 2.44 bits per heavy atom. The number of fused-ring (bicyclic) bond motifs is 1. The van der Waals surface area contributed by atoms with Crippen molar-refractivity contribution >= 4 is 44.4 Å². The molecule has 1 aromatic heterocycles. The molecule has 2 N–H and O–H groups in total. The van der Waals surface area contributed by atoms with Crippen LogP contribution >= 0.6 is 11.7 Å². The van der Waals surface area contributed by atoms with Gasteiger partial charge in [-0.25, -0.2) is 8.42 Å². The van der Waals surface area contributed by atoms with Gasteiger partial charge in [-0.15, -0.1) is 0 Å². The van der Waals surface area contributed by atoms with Crippen molar-refractivity contribution in [3.8, 4) is 0 Å². The third kappa shape index (κ3) is 5.16. The van der Waals surface area contributed by atoms with Crippen molar-refractivity contribution in [2.45, 2.75) is 44.0 Å². The molecule has 7 nitrogen and oxygen atoms in total. The fraction of sp³-hybridized carbons (Fsp3) is 0.240. The number of aryl methyl sites for hydroxylation is 1. The minimum absolute atomic E-state index is 0.00312. The first-order chi connectivity index (χ1) is 16.3. The maximum Gasteiger partial charge on any atom is 0.243 e. The highest BCUT2D eigenvalue weighted by Gasteiger charge is 2.29. The highest BCUT2D eigenvalue weighted by molar-refractivity contribution is 7.89. The number of benzene rings is 3. The molecule has 0 saturated heterocycles. The van der Waals surface area contributed by atoms with Crippen molar-refractivity contribution in [2.75, 3.05) is 5.32 Å². The number of amides is 1. The molecular formula is C25H26N4O3S2. The minimum atomic E-state index is -4.06. The normalized spacial score (nSPS) is 12.7. The van der Waals surface area contributed by atoms with Gasteiger partial charge in [0.15, 0.2) is 0 Å². The number of nitrogens with zero attached hydrogens (tertiary/aromatic N) is 2. The summed E-state index contributed by atoms with van der Waals surface area (Å²) in [6.07, 6.45) is 0.195. The standard InChI is InChI=1S/C25H26N4O3S2/c1-16(2)19-12-7-9-17(3)23(19)26-25(30)21(15-18-10-5-4-6-11-18)29-34(31,32)22-14-8-13-20-24(22)28-33-27-20/h4-14,16,21,29H,15H2,1-3H3,(H,26,30)/t21-/m0/s1. The highest BCUT2D eigenvalue weighted by Crippen LogP contribution is 2.28. The van der Waals surface area contributed by atoms with Gasteiger partial charge in [-0.3, -0.25) is 4.79 Å². The van der Waals surface area contributed by atoms with Crippen molar-refractivity contribution in [3.63, 3.8) is 0 Å². The number of carbonyl (C=O) groups is 1. The van der Waals surface area contributed by atoms with Crippen LogP contribution in [-0.2, 0) is 21.2 Å². The van der Waals surface area contributed by atoms with Crippen LogP contribution in [0.5, 0.6) is 0 Å². The Hall–Kier alpha value is -3.14. The molecule has 0 aliphatic rings. The molecular weight excluding hydrogens is 468 g/mol. The van der Waals surface area contributed by atoms with Gasteiger partial charge in [-0.05, 0) is 48.1 Å². The lowest BCUT2D eigenvalue weighted by Crippen LogP contribution is -2.45. The summed E-state index contributed by atoms with van der Waals surface area (Å²) in [7, 11) is -4.06. The quantitative estimate of drug-likeness (QED) is 0.371. The fourth-order valence-corrected chi connectivity index (χ4v) is 5.80. The Labute approximate surface area is 203 Å². The van der Waals surface area contributed by atoms with Gasteiger partial charge in [0, 0.05) is 5.69 Å². The van der Waals surface area contributed by atoms with Crippen LogP contribution in [0.3, 0.4) is 0 Å². The van der Waals surface area contributed by atoms with E-state index in [0.717, 1.165) is 28.4 Å². The summed E-state index contributed by atoms with van der Waals surface area (Å²) in [5, 5.41) is 2.99. The predicted molar refractivity (Wildman–Crippen MR) is 136 cm³/mol. The largest absolute Gasteiger partial charge is 0.324 e. The van der Waals surface area contributed by atoms with Gasteiger partial charge in [0.25, 0.3) is 0 Å². The molecule has 1 amide bonds. The summed E-state index contributed by atoms with van der Waals surface area (Å²) in [6.45, 7) is 6.03. The maximum atomic E-state index is 13.5. The predicted octanol–water partition coefficient (Wildman–Crippen LogP) is 4.65. The first kappa shape index (κ1) is 24.0. The van der Waals surface area contributed by atoms with E-state index >= 15 is 0 Å². The van der Waals surface area contributed by atoms with Crippen LogP contribution in [0.25, 0.3) is 11.0 Å². The van der Waals surface area contributed by atoms with Gasteiger partial charge in [0.2, 0.25) is 15.9 Å². The Bertz CT molecular complexity index is 1420. The zero-order valence-corrected chi connectivity index (χ0v) is 20.8. The Morgan fingerprint density at radius 1 is 0.971 bits per heavy atom. The molecule has 0 aliphatic carbocycles. The number of anilines is 1. The first-order valence-corrected chi connectivity index (χ1v) is 13.2. The molecule has 0 unspecified atom stereocenters. The van der Waals surface area contributed by atoms with E-state index in [9.17, 15) is 13.2 Å². The minimum Gasteiger partial charge on any atom is -0.324 e. The molecule has 3 aromatic carbocycles. The molecule has 0 fully saturated rings. The molecule has 4 aromatic rings. The number of sulfonamides is 1. The van der Waals surface area contributed by atoms with E-state index in [1.54, 1.807) is 12.1 Å². The van der Waals surface area contributed by atoms with Crippen LogP contribution in [0.15, 0.2) is 71.6 Å². The summed E-state index contributed by atoms with van der Waals surface area (Å²) >= 11 is 0.947. The number of nitrogens with one attached hydrogen (secondary N) is 2. The Balaban J connectivity index is 1.69. The molecule has 1 atom stereocenters. The van der Waals surface area contributed by atoms with Gasteiger partial charge >= 0.3 is 0 Å². The van der Waals surface area contributed by atoms with Crippen molar-refractivity contribution in [2.24, 2.45) is 0 Å². The summed E-state index contributed by atoms with van der Waals surface area (Å²) in [4.78, 5) is 13.5.